The molecule has 3 nitrogen and oxygen atoms in total. The van der Waals surface area contributed by atoms with Crippen molar-refractivity contribution in [1.82, 2.24) is 0 Å². The highest BCUT2D eigenvalue weighted by Crippen LogP contribution is 2.38. The first kappa shape index (κ1) is 13.2. The summed E-state index contributed by atoms with van der Waals surface area (Å²) < 4.78 is 19.9. The van der Waals surface area contributed by atoms with Gasteiger partial charge in [-0.25, -0.2) is 4.39 Å². The third-order valence-corrected chi connectivity index (χ3v) is 4.54. The zero-order valence-electron chi connectivity index (χ0n) is 11.0. The summed E-state index contributed by atoms with van der Waals surface area (Å²) in [5, 5.41) is 3.37. The van der Waals surface area contributed by atoms with Crippen molar-refractivity contribution in [3.05, 3.63) is 22.4 Å². The van der Waals surface area contributed by atoms with Gasteiger partial charge in [0.1, 0.15) is 5.82 Å². The molecule has 0 aliphatic carbocycles. The fourth-order valence-corrected chi connectivity index (χ4v) is 3.32. The third kappa shape index (κ3) is 2.34. The van der Waals surface area contributed by atoms with Gasteiger partial charge in [-0.2, -0.15) is 0 Å². The minimum absolute atomic E-state index is 0.217. The monoisotopic (exact) mass is 328 g/mol. The van der Waals surface area contributed by atoms with Crippen LogP contribution in [0.25, 0.3) is 0 Å². The molecule has 1 fully saturated rings. The van der Waals surface area contributed by atoms with E-state index in [0.717, 1.165) is 44.1 Å². The molecular formula is C14H18BrFN2O. The molecule has 0 amide bonds. The van der Waals surface area contributed by atoms with Gasteiger partial charge in [-0.3, -0.25) is 0 Å². The lowest BCUT2D eigenvalue weighted by molar-refractivity contribution is 0.185. The molecule has 1 aromatic carbocycles. The van der Waals surface area contributed by atoms with E-state index in [0.29, 0.717) is 16.4 Å². The molecule has 104 valence electrons. The van der Waals surface area contributed by atoms with Gasteiger partial charge in [-0.05, 0) is 28.4 Å². The summed E-state index contributed by atoms with van der Waals surface area (Å²) in [5.41, 5.74) is 1.97. The molecule has 2 heterocycles. The fourth-order valence-electron chi connectivity index (χ4n) is 2.99. The molecule has 1 saturated heterocycles. The maximum absolute atomic E-state index is 13.7. The predicted molar refractivity (Wildman–Crippen MR) is 78.3 cm³/mol. The third-order valence-electron chi connectivity index (χ3n) is 3.93. The highest BCUT2D eigenvalue weighted by atomic mass is 79.9. The van der Waals surface area contributed by atoms with Crippen molar-refractivity contribution in [1.29, 1.82) is 0 Å². The number of rotatable bonds is 2. The fraction of sp³-hybridized carbons (Fsp3) is 0.571. The van der Waals surface area contributed by atoms with Crippen LogP contribution >= 0.6 is 15.9 Å². The van der Waals surface area contributed by atoms with Crippen molar-refractivity contribution in [2.24, 2.45) is 5.92 Å². The molecule has 0 spiro atoms. The van der Waals surface area contributed by atoms with Crippen LogP contribution in [0.5, 0.6) is 0 Å². The van der Waals surface area contributed by atoms with Gasteiger partial charge in [-0.1, -0.05) is 6.92 Å². The molecule has 0 aromatic heterocycles. The summed E-state index contributed by atoms with van der Waals surface area (Å²) in [6.07, 6.45) is 1.07. The molecule has 1 N–H and O–H groups in total. The van der Waals surface area contributed by atoms with Crippen LogP contribution in [0.4, 0.5) is 15.8 Å². The van der Waals surface area contributed by atoms with Crippen LogP contribution in [0.2, 0.25) is 0 Å². The van der Waals surface area contributed by atoms with Crippen LogP contribution in [-0.4, -0.2) is 32.3 Å². The van der Waals surface area contributed by atoms with Gasteiger partial charge in [0.25, 0.3) is 0 Å². The summed E-state index contributed by atoms with van der Waals surface area (Å²) in [6, 6.07) is 3.86. The molecule has 19 heavy (non-hydrogen) atoms. The van der Waals surface area contributed by atoms with Gasteiger partial charge in [0.15, 0.2) is 0 Å². The van der Waals surface area contributed by atoms with E-state index in [2.05, 4.69) is 33.1 Å². The Labute approximate surface area is 121 Å². The van der Waals surface area contributed by atoms with Gasteiger partial charge in [-0.15, -0.1) is 0 Å². The van der Waals surface area contributed by atoms with E-state index >= 15 is 0 Å². The van der Waals surface area contributed by atoms with Gasteiger partial charge in [0.05, 0.1) is 35.1 Å². The maximum atomic E-state index is 13.7. The van der Waals surface area contributed by atoms with Gasteiger partial charge >= 0.3 is 0 Å². The second kappa shape index (κ2) is 5.29. The predicted octanol–water partition coefficient (Wildman–Crippen LogP) is 3.25. The van der Waals surface area contributed by atoms with E-state index in [4.69, 9.17) is 4.74 Å². The van der Waals surface area contributed by atoms with Crippen molar-refractivity contribution in [2.75, 3.05) is 36.5 Å². The Morgan fingerprint density at radius 1 is 1.47 bits per heavy atom. The maximum Gasteiger partial charge on any atom is 0.139 e. The first-order valence-corrected chi connectivity index (χ1v) is 7.57. The molecular weight excluding hydrogens is 311 g/mol. The molecule has 2 aliphatic rings. The lowest BCUT2D eigenvalue weighted by atomic mass is 10.0. The topological polar surface area (TPSA) is 24.5 Å². The Bertz CT molecular complexity index is 483. The first-order chi connectivity index (χ1) is 9.20. The molecule has 5 heteroatoms. The van der Waals surface area contributed by atoms with Crippen LogP contribution in [-0.2, 0) is 4.74 Å². The lowest BCUT2D eigenvalue weighted by Gasteiger charge is -2.31. The number of benzene rings is 1. The average molecular weight is 329 g/mol. The Kier molecular flexibility index (Phi) is 3.67. The Hall–Kier alpha value is -0.810. The summed E-state index contributed by atoms with van der Waals surface area (Å²) in [5.74, 6) is 0.256. The molecule has 2 atom stereocenters. The molecule has 0 radical (unpaired) electrons. The Balaban J connectivity index is 2.04. The molecule has 1 aromatic rings. The van der Waals surface area contributed by atoms with Crippen LogP contribution in [0, 0.1) is 11.7 Å². The quantitative estimate of drug-likeness (QED) is 0.901. The molecule has 3 rings (SSSR count). The number of hydrogen-bond acceptors (Lipinski definition) is 3. The smallest absolute Gasteiger partial charge is 0.139 e. The Morgan fingerprint density at radius 2 is 2.32 bits per heavy atom. The number of halogens is 2. The van der Waals surface area contributed by atoms with Crippen LogP contribution in [0.15, 0.2) is 16.6 Å². The molecule has 0 bridgehead atoms. The number of anilines is 2. The van der Waals surface area contributed by atoms with E-state index in [1.54, 1.807) is 6.07 Å². The molecule has 0 saturated carbocycles. The zero-order valence-corrected chi connectivity index (χ0v) is 12.5. The second-order valence-corrected chi connectivity index (χ2v) is 6.08. The van der Waals surface area contributed by atoms with Gasteiger partial charge in [0.2, 0.25) is 0 Å². The normalized spacial score (nSPS) is 25.5. The largest absolute Gasteiger partial charge is 0.383 e. The van der Waals surface area contributed by atoms with Crippen molar-refractivity contribution >= 4 is 27.3 Å². The highest BCUT2D eigenvalue weighted by molar-refractivity contribution is 9.10. The van der Waals surface area contributed by atoms with Crippen LogP contribution in [0.1, 0.15) is 13.3 Å². The van der Waals surface area contributed by atoms with Gasteiger partial charge in [0, 0.05) is 25.1 Å². The Morgan fingerprint density at radius 3 is 3.11 bits per heavy atom. The summed E-state index contributed by atoms with van der Waals surface area (Å²) in [4.78, 5) is 2.37. The highest BCUT2D eigenvalue weighted by Gasteiger charge is 2.36. The van der Waals surface area contributed by atoms with Crippen molar-refractivity contribution < 1.29 is 9.13 Å². The molecule has 2 unspecified atom stereocenters. The number of nitrogens with zero attached hydrogens (tertiary/aromatic N) is 1. The van der Waals surface area contributed by atoms with Crippen LogP contribution < -0.4 is 10.2 Å². The van der Waals surface area contributed by atoms with E-state index in [1.807, 2.05) is 6.07 Å². The number of ether oxygens (including phenoxy) is 1. The minimum Gasteiger partial charge on any atom is -0.383 e. The number of hydrogen-bond donors (Lipinski definition) is 1. The standard InChI is InChI=1S/C14H18BrFN2O/c1-2-3-18-13-4-10(15)11(16)5-12(13)17-6-9-7-19-8-14(9)18/h4-5,9,14,17H,2-3,6-8H2,1H3. The lowest BCUT2D eigenvalue weighted by Crippen LogP contribution is -2.41. The van der Waals surface area contributed by atoms with E-state index in [-0.39, 0.29) is 5.82 Å². The second-order valence-electron chi connectivity index (χ2n) is 5.22. The van der Waals surface area contributed by atoms with E-state index in [1.165, 1.54) is 0 Å². The first-order valence-electron chi connectivity index (χ1n) is 6.78. The number of nitrogens with one attached hydrogen (secondary N) is 1. The van der Waals surface area contributed by atoms with Gasteiger partial charge < -0.3 is 15.0 Å². The summed E-state index contributed by atoms with van der Waals surface area (Å²) >= 11 is 3.29. The van der Waals surface area contributed by atoms with E-state index in [9.17, 15) is 4.39 Å². The summed E-state index contributed by atoms with van der Waals surface area (Å²) in [6.45, 7) is 5.54. The summed E-state index contributed by atoms with van der Waals surface area (Å²) in [7, 11) is 0. The van der Waals surface area contributed by atoms with E-state index < -0.39 is 0 Å². The zero-order chi connectivity index (χ0) is 13.4. The van der Waals surface area contributed by atoms with Crippen LogP contribution in [0.3, 0.4) is 0 Å². The SMILES string of the molecule is CCCN1c2cc(Br)c(F)cc2NCC2COCC21. The van der Waals surface area contributed by atoms with Crippen molar-refractivity contribution in [3.63, 3.8) is 0 Å². The molecule has 2 aliphatic heterocycles. The minimum atomic E-state index is -0.217. The van der Waals surface area contributed by atoms with Crippen molar-refractivity contribution in [2.45, 2.75) is 19.4 Å². The van der Waals surface area contributed by atoms with Crippen molar-refractivity contribution in [3.8, 4) is 0 Å². The number of fused-ring (bicyclic) bond motifs is 2. The average Bonchev–Trinajstić information content (AvgIpc) is 2.80.